The summed E-state index contributed by atoms with van der Waals surface area (Å²) in [7, 11) is 0. The van der Waals surface area contributed by atoms with Crippen LogP contribution in [0, 0.1) is 12.8 Å². The van der Waals surface area contributed by atoms with Crippen molar-refractivity contribution < 1.29 is 14.3 Å². The predicted octanol–water partition coefficient (Wildman–Crippen LogP) is 2.53. The fourth-order valence-corrected chi connectivity index (χ4v) is 4.34. The van der Waals surface area contributed by atoms with Gasteiger partial charge in [0.25, 0.3) is 0 Å². The predicted molar refractivity (Wildman–Crippen MR) is 87.3 cm³/mol. The molecular weight excluding hydrogens is 312 g/mol. The fraction of sp³-hybridized carbons (Fsp3) is 0.765. The molecule has 1 amide bonds. The summed E-state index contributed by atoms with van der Waals surface area (Å²) in [4.78, 5) is 18.7. The smallest absolute Gasteiger partial charge is 0.225 e. The van der Waals surface area contributed by atoms with Crippen LogP contribution >= 0.6 is 11.3 Å². The van der Waals surface area contributed by atoms with E-state index < -0.39 is 0 Å². The Labute approximate surface area is 141 Å². The van der Waals surface area contributed by atoms with E-state index in [2.05, 4.69) is 10.4 Å². The van der Waals surface area contributed by atoms with E-state index in [4.69, 9.17) is 9.47 Å². The van der Waals surface area contributed by atoms with Crippen LogP contribution in [-0.4, -0.2) is 47.2 Å². The van der Waals surface area contributed by atoms with E-state index >= 15 is 0 Å². The number of thiazole rings is 1. The molecule has 1 aromatic rings. The van der Waals surface area contributed by atoms with Gasteiger partial charge in [-0.3, -0.25) is 4.79 Å². The largest absolute Gasteiger partial charge is 0.372 e. The third kappa shape index (κ3) is 3.16. The van der Waals surface area contributed by atoms with Crippen molar-refractivity contribution in [3.05, 3.63) is 16.1 Å². The maximum absolute atomic E-state index is 12.3. The first-order chi connectivity index (χ1) is 11.1. The third-order valence-corrected chi connectivity index (χ3v) is 6.13. The quantitative estimate of drug-likeness (QED) is 0.848. The monoisotopic (exact) mass is 336 g/mol. The fourth-order valence-electron chi connectivity index (χ4n) is 3.74. The van der Waals surface area contributed by atoms with Crippen LogP contribution in [0.15, 0.2) is 5.38 Å². The second-order valence-electron chi connectivity index (χ2n) is 7.14. The number of aryl methyl sites for hydroxylation is 1. The number of carbonyl (C=O) groups excluding carboxylic acids is 1. The van der Waals surface area contributed by atoms with Crippen molar-refractivity contribution in [2.75, 3.05) is 19.7 Å². The lowest BCUT2D eigenvalue weighted by molar-refractivity contribution is -0.205. The van der Waals surface area contributed by atoms with E-state index in [1.54, 1.807) is 11.3 Å². The Morgan fingerprint density at radius 3 is 2.96 bits per heavy atom. The first-order valence-electron chi connectivity index (χ1n) is 8.59. The zero-order valence-electron chi connectivity index (χ0n) is 13.6. The maximum Gasteiger partial charge on any atom is 0.225 e. The summed E-state index contributed by atoms with van der Waals surface area (Å²) in [6.07, 6.45) is 5.39. The number of likely N-dealkylation sites (tertiary alicyclic amines) is 1. The molecule has 0 bridgehead atoms. The van der Waals surface area contributed by atoms with Crippen LogP contribution in [0.2, 0.25) is 0 Å². The van der Waals surface area contributed by atoms with Gasteiger partial charge in [0.15, 0.2) is 0 Å². The second kappa shape index (κ2) is 6.15. The van der Waals surface area contributed by atoms with Crippen LogP contribution in [0.4, 0.5) is 0 Å². The summed E-state index contributed by atoms with van der Waals surface area (Å²) in [6.45, 7) is 4.82. The Balaban J connectivity index is 1.27. The zero-order chi connectivity index (χ0) is 15.9. The molecule has 6 heteroatoms. The standard InChI is InChI=1S/C17H24N2O3S/c1-12-18-14(9-23-12)8-21-15-5-6-22-17(7-15)10-19(11-17)16(20)13-3-2-4-13/h9,13,15H,2-8,10-11H2,1H3/t15-/m0/s1. The second-order valence-corrected chi connectivity index (χ2v) is 8.20. The summed E-state index contributed by atoms with van der Waals surface area (Å²) in [5.74, 6) is 0.627. The highest BCUT2D eigenvalue weighted by atomic mass is 32.1. The van der Waals surface area contributed by atoms with Gasteiger partial charge < -0.3 is 14.4 Å². The number of hydrogen-bond donors (Lipinski definition) is 0. The Morgan fingerprint density at radius 1 is 1.48 bits per heavy atom. The molecule has 5 nitrogen and oxygen atoms in total. The highest BCUT2D eigenvalue weighted by Gasteiger charge is 2.50. The summed E-state index contributed by atoms with van der Waals surface area (Å²) in [5, 5.41) is 3.14. The summed E-state index contributed by atoms with van der Waals surface area (Å²) in [5.41, 5.74) is 0.865. The van der Waals surface area contributed by atoms with Crippen LogP contribution < -0.4 is 0 Å². The first-order valence-corrected chi connectivity index (χ1v) is 9.47. The summed E-state index contributed by atoms with van der Waals surface area (Å²) < 4.78 is 12.1. The van der Waals surface area contributed by atoms with Crippen LogP contribution in [0.25, 0.3) is 0 Å². The molecule has 23 heavy (non-hydrogen) atoms. The number of hydrogen-bond acceptors (Lipinski definition) is 5. The van der Waals surface area contributed by atoms with Crippen molar-refractivity contribution in [2.45, 2.75) is 57.3 Å². The number of rotatable bonds is 4. The SMILES string of the molecule is Cc1nc(CO[C@H]2CCOC3(C2)CN(C(=O)C2CCC2)C3)cs1. The highest BCUT2D eigenvalue weighted by Crippen LogP contribution is 2.38. The number of aromatic nitrogens is 1. The van der Waals surface area contributed by atoms with Gasteiger partial charge in [-0.05, 0) is 26.2 Å². The van der Waals surface area contributed by atoms with Gasteiger partial charge in [-0.25, -0.2) is 4.98 Å². The molecule has 1 aromatic heterocycles. The summed E-state index contributed by atoms with van der Waals surface area (Å²) >= 11 is 1.66. The van der Waals surface area contributed by atoms with Gasteiger partial charge >= 0.3 is 0 Å². The minimum absolute atomic E-state index is 0.152. The van der Waals surface area contributed by atoms with Crippen molar-refractivity contribution in [2.24, 2.45) is 5.92 Å². The van der Waals surface area contributed by atoms with Gasteiger partial charge in [-0.15, -0.1) is 11.3 Å². The van der Waals surface area contributed by atoms with Crippen molar-refractivity contribution >= 4 is 17.2 Å². The molecule has 0 unspecified atom stereocenters. The molecule has 3 heterocycles. The Hall–Kier alpha value is -0.980. The van der Waals surface area contributed by atoms with Gasteiger partial charge in [0.1, 0.15) is 5.60 Å². The minimum atomic E-state index is -0.152. The molecule has 3 aliphatic rings. The lowest BCUT2D eigenvalue weighted by atomic mass is 9.80. The lowest BCUT2D eigenvalue weighted by Gasteiger charge is -2.54. The van der Waals surface area contributed by atoms with Gasteiger partial charge in [-0.1, -0.05) is 6.42 Å². The van der Waals surface area contributed by atoms with Gasteiger partial charge in [0, 0.05) is 24.3 Å². The molecule has 3 fully saturated rings. The van der Waals surface area contributed by atoms with Crippen molar-refractivity contribution in [1.82, 2.24) is 9.88 Å². The maximum atomic E-state index is 12.3. The summed E-state index contributed by atoms with van der Waals surface area (Å²) in [6, 6.07) is 0. The molecule has 1 atom stereocenters. The van der Waals surface area contributed by atoms with E-state index in [1.807, 2.05) is 11.8 Å². The molecule has 0 N–H and O–H groups in total. The van der Waals surface area contributed by atoms with Crippen LogP contribution in [0.3, 0.4) is 0 Å². The van der Waals surface area contributed by atoms with E-state index in [0.717, 1.165) is 56.1 Å². The molecule has 0 radical (unpaired) electrons. The zero-order valence-corrected chi connectivity index (χ0v) is 14.4. The molecule has 1 spiro atoms. The molecule has 4 rings (SSSR count). The lowest BCUT2D eigenvalue weighted by Crippen LogP contribution is -2.68. The van der Waals surface area contributed by atoms with E-state index in [-0.39, 0.29) is 17.6 Å². The van der Waals surface area contributed by atoms with Gasteiger partial charge in [0.05, 0.1) is 36.5 Å². The Kier molecular flexibility index (Phi) is 4.15. The van der Waals surface area contributed by atoms with Crippen molar-refractivity contribution in [3.8, 4) is 0 Å². The van der Waals surface area contributed by atoms with Crippen molar-refractivity contribution in [3.63, 3.8) is 0 Å². The van der Waals surface area contributed by atoms with Crippen molar-refractivity contribution in [1.29, 1.82) is 0 Å². The molecule has 126 valence electrons. The Morgan fingerprint density at radius 2 is 2.30 bits per heavy atom. The molecule has 2 aliphatic heterocycles. The molecule has 1 saturated carbocycles. The molecule has 2 saturated heterocycles. The average Bonchev–Trinajstić information content (AvgIpc) is 2.86. The van der Waals surface area contributed by atoms with Gasteiger partial charge in [0.2, 0.25) is 5.91 Å². The Bertz CT molecular complexity index is 578. The minimum Gasteiger partial charge on any atom is -0.372 e. The van der Waals surface area contributed by atoms with Gasteiger partial charge in [-0.2, -0.15) is 0 Å². The van der Waals surface area contributed by atoms with Crippen LogP contribution in [0.5, 0.6) is 0 Å². The third-order valence-electron chi connectivity index (χ3n) is 5.31. The van der Waals surface area contributed by atoms with Crippen LogP contribution in [0.1, 0.15) is 42.8 Å². The normalized spacial score (nSPS) is 26.8. The number of carbonyl (C=O) groups is 1. The van der Waals surface area contributed by atoms with E-state index in [9.17, 15) is 4.79 Å². The number of ether oxygens (including phenoxy) is 2. The molecule has 1 aliphatic carbocycles. The first kappa shape index (κ1) is 15.5. The molecular formula is C17H24N2O3S. The topological polar surface area (TPSA) is 51.7 Å². The average molecular weight is 336 g/mol. The van der Waals surface area contributed by atoms with E-state index in [1.165, 1.54) is 6.42 Å². The number of nitrogens with zero attached hydrogens (tertiary/aromatic N) is 2. The van der Waals surface area contributed by atoms with E-state index in [0.29, 0.717) is 12.5 Å². The molecule has 0 aromatic carbocycles. The highest BCUT2D eigenvalue weighted by molar-refractivity contribution is 7.09. The van der Waals surface area contributed by atoms with Crippen LogP contribution in [-0.2, 0) is 20.9 Å². The number of amides is 1.